The Hall–Kier alpha value is -1.85. The Bertz CT molecular complexity index is 602. The van der Waals surface area contributed by atoms with Crippen LogP contribution in [0, 0.1) is 5.92 Å². The minimum atomic E-state index is -0.468. The van der Waals surface area contributed by atoms with E-state index in [1.54, 1.807) is 0 Å². The molecule has 1 amide bonds. The van der Waals surface area contributed by atoms with Crippen LogP contribution in [-0.2, 0) is 18.4 Å². The molecule has 2 atom stereocenters. The third-order valence-corrected chi connectivity index (χ3v) is 3.88. The molecule has 0 radical (unpaired) electrons. The molecule has 1 heterocycles. The van der Waals surface area contributed by atoms with Crippen LogP contribution in [0.1, 0.15) is 32.6 Å². The molecule has 1 N–H and O–H groups in total. The van der Waals surface area contributed by atoms with Gasteiger partial charge >= 0.3 is 5.69 Å². The summed E-state index contributed by atoms with van der Waals surface area (Å²) in [6, 6.07) is 1.49. The highest BCUT2D eigenvalue weighted by Gasteiger charge is 2.20. The van der Waals surface area contributed by atoms with E-state index in [1.165, 1.54) is 30.3 Å². The summed E-state index contributed by atoms with van der Waals surface area (Å²) in [7, 11) is 1.40. The summed E-state index contributed by atoms with van der Waals surface area (Å²) in [4.78, 5) is 35.1. The predicted octanol–water partition coefficient (Wildman–Crippen LogP) is 0.242. The van der Waals surface area contributed by atoms with Gasteiger partial charge in [0.2, 0.25) is 5.91 Å². The van der Waals surface area contributed by atoms with E-state index < -0.39 is 5.69 Å². The van der Waals surface area contributed by atoms with Crippen LogP contribution in [0.2, 0.25) is 0 Å². The maximum Gasteiger partial charge on any atom is 0.331 e. The van der Waals surface area contributed by atoms with Crippen molar-refractivity contribution in [3.8, 4) is 0 Å². The SMILES string of the molecule is C[C@H]1CCC[C@H](NC(=O)Cn2ccc(=O)n(C)c2=O)C1. The average molecular weight is 279 g/mol. The van der Waals surface area contributed by atoms with E-state index >= 15 is 0 Å². The van der Waals surface area contributed by atoms with Gasteiger partial charge in [-0.1, -0.05) is 19.8 Å². The highest BCUT2D eigenvalue weighted by molar-refractivity contribution is 5.76. The third kappa shape index (κ3) is 3.37. The molecule has 0 aromatic carbocycles. The molecule has 2 rings (SSSR count). The third-order valence-electron chi connectivity index (χ3n) is 3.88. The molecular formula is C14H21N3O3. The molecule has 110 valence electrons. The molecule has 1 saturated carbocycles. The number of amides is 1. The van der Waals surface area contributed by atoms with Gasteiger partial charge < -0.3 is 5.32 Å². The Morgan fingerprint density at radius 1 is 1.40 bits per heavy atom. The summed E-state index contributed by atoms with van der Waals surface area (Å²) in [5, 5.41) is 2.97. The fraction of sp³-hybridized carbons (Fsp3) is 0.643. The van der Waals surface area contributed by atoms with E-state index in [1.807, 2.05) is 0 Å². The van der Waals surface area contributed by atoms with Gasteiger partial charge in [-0.3, -0.25) is 18.7 Å². The first-order valence-corrected chi connectivity index (χ1v) is 7.03. The van der Waals surface area contributed by atoms with Crippen molar-refractivity contribution in [1.82, 2.24) is 14.5 Å². The van der Waals surface area contributed by atoms with E-state index in [-0.39, 0.29) is 24.1 Å². The van der Waals surface area contributed by atoms with Crippen LogP contribution in [0.4, 0.5) is 0 Å². The van der Waals surface area contributed by atoms with Gasteiger partial charge in [0.05, 0.1) is 0 Å². The molecule has 0 saturated heterocycles. The number of rotatable bonds is 3. The molecular weight excluding hydrogens is 258 g/mol. The van der Waals surface area contributed by atoms with Crippen LogP contribution < -0.4 is 16.6 Å². The van der Waals surface area contributed by atoms with Crippen molar-refractivity contribution in [2.75, 3.05) is 0 Å². The molecule has 0 unspecified atom stereocenters. The van der Waals surface area contributed by atoms with Crippen molar-refractivity contribution in [3.63, 3.8) is 0 Å². The highest BCUT2D eigenvalue weighted by Crippen LogP contribution is 2.23. The van der Waals surface area contributed by atoms with Crippen molar-refractivity contribution in [1.29, 1.82) is 0 Å². The quantitative estimate of drug-likeness (QED) is 0.861. The van der Waals surface area contributed by atoms with Gasteiger partial charge in [0.15, 0.2) is 0 Å². The number of hydrogen-bond donors (Lipinski definition) is 1. The van der Waals surface area contributed by atoms with Gasteiger partial charge in [-0.2, -0.15) is 0 Å². The van der Waals surface area contributed by atoms with E-state index in [0.717, 1.165) is 23.8 Å². The first-order chi connectivity index (χ1) is 9.47. The van der Waals surface area contributed by atoms with Crippen LogP contribution >= 0.6 is 0 Å². The van der Waals surface area contributed by atoms with Crippen LogP contribution in [-0.4, -0.2) is 21.1 Å². The summed E-state index contributed by atoms with van der Waals surface area (Å²) in [6.45, 7) is 2.15. The van der Waals surface area contributed by atoms with Crippen molar-refractivity contribution >= 4 is 5.91 Å². The number of carbonyl (C=O) groups excluding carboxylic acids is 1. The largest absolute Gasteiger partial charge is 0.352 e. The maximum atomic E-state index is 12.0. The molecule has 1 aliphatic carbocycles. The maximum absolute atomic E-state index is 12.0. The zero-order valence-corrected chi connectivity index (χ0v) is 12.0. The van der Waals surface area contributed by atoms with E-state index in [4.69, 9.17) is 0 Å². The fourth-order valence-corrected chi connectivity index (χ4v) is 2.73. The highest BCUT2D eigenvalue weighted by atomic mass is 16.2. The first-order valence-electron chi connectivity index (χ1n) is 7.03. The zero-order chi connectivity index (χ0) is 14.7. The number of hydrogen-bond acceptors (Lipinski definition) is 3. The molecule has 0 bridgehead atoms. The van der Waals surface area contributed by atoms with Crippen LogP contribution in [0.3, 0.4) is 0 Å². The molecule has 20 heavy (non-hydrogen) atoms. The smallest absolute Gasteiger partial charge is 0.331 e. The van der Waals surface area contributed by atoms with Gasteiger partial charge in [0.25, 0.3) is 5.56 Å². The van der Waals surface area contributed by atoms with Crippen molar-refractivity contribution in [2.24, 2.45) is 13.0 Å². The Morgan fingerprint density at radius 2 is 2.15 bits per heavy atom. The fourth-order valence-electron chi connectivity index (χ4n) is 2.73. The summed E-state index contributed by atoms with van der Waals surface area (Å²) in [5.41, 5.74) is -0.836. The number of nitrogens with zero attached hydrogens (tertiary/aromatic N) is 2. The van der Waals surface area contributed by atoms with Crippen LogP contribution in [0.15, 0.2) is 21.9 Å². The summed E-state index contributed by atoms with van der Waals surface area (Å²) in [6.07, 6.45) is 5.71. The number of carbonyl (C=O) groups is 1. The summed E-state index contributed by atoms with van der Waals surface area (Å²) < 4.78 is 2.25. The predicted molar refractivity (Wildman–Crippen MR) is 75.5 cm³/mol. The first kappa shape index (κ1) is 14.6. The van der Waals surface area contributed by atoms with Gasteiger partial charge in [-0.15, -0.1) is 0 Å². The number of nitrogens with one attached hydrogen (secondary N) is 1. The van der Waals surface area contributed by atoms with Gasteiger partial charge in [-0.25, -0.2) is 4.79 Å². The second kappa shape index (κ2) is 6.07. The Labute approximate surface area is 117 Å². The second-order valence-electron chi connectivity index (χ2n) is 5.66. The molecule has 6 heteroatoms. The van der Waals surface area contributed by atoms with E-state index in [2.05, 4.69) is 12.2 Å². The molecule has 1 aromatic heterocycles. The van der Waals surface area contributed by atoms with Gasteiger partial charge in [0, 0.05) is 25.4 Å². The van der Waals surface area contributed by atoms with Crippen LogP contribution in [0.25, 0.3) is 0 Å². The minimum Gasteiger partial charge on any atom is -0.352 e. The van der Waals surface area contributed by atoms with Crippen molar-refractivity contribution in [3.05, 3.63) is 33.1 Å². The van der Waals surface area contributed by atoms with Gasteiger partial charge in [0.1, 0.15) is 6.54 Å². The Kier molecular flexibility index (Phi) is 4.42. The minimum absolute atomic E-state index is 0.0438. The lowest BCUT2D eigenvalue weighted by Crippen LogP contribution is -2.43. The van der Waals surface area contributed by atoms with Crippen molar-refractivity contribution < 1.29 is 4.79 Å². The van der Waals surface area contributed by atoms with E-state index in [9.17, 15) is 14.4 Å². The molecule has 1 aromatic rings. The Balaban J connectivity index is 2.00. The van der Waals surface area contributed by atoms with Crippen molar-refractivity contribution in [2.45, 2.75) is 45.2 Å². The van der Waals surface area contributed by atoms with E-state index in [0.29, 0.717) is 5.92 Å². The summed E-state index contributed by atoms with van der Waals surface area (Å²) >= 11 is 0. The normalized spacial score (nSPS) is 22.5. The second-order valence-corrected chi connectivity index (χ2v) is 5.66. The standard InChI is InChI=1S/C14H21N3O3/c1-10-4-3-5-11(8-10)15-12(18)9-17-7-6-13(19)16(2)14(17)20/h6-7,10-11H,3-5,8-9H2,1-2H3,(H,15,18)/t10-,11-/m0/s1. The Morgan fingerprint density at radius 3 is 2.85 bits per heavy atom. The molecule has 1 fully saturated rings. The van der Waals surface area contributed by atoms with Crippen LogP contribution in [0.5, 0.6) is 0 Å². The monoisotopic (exact) mass is 279 g/mol. The zero-order valence-electron chi connectivity index (χ0n) is 12.0. The molecule has 6 nitrogen and oxygen atoms in total. The van der Waals surface area contributed by atoms with Gasteiger partial charge in [-0.05, 0) is 18.8 Å². The average Bonchev–Trinajstić information content (AvgIpc) is 2.39. The molecule has 1 aliphatic rings. The lowest BCUT2D eigenvalue weighted by atomic mass is 9.87. The lowest BCUT2D eigenvalue weighted by molar-refractivity contribution is -0.122. The lowest BCUT2D eigenvalue weighted by Gasteiger charge is -2.27. The molecule has 0 aliphatic heterocycles. The topological polar surface area (TPSA) is 73.1 Å². The number of aromatic nitrogens is 2. The molecule has 0 spiro atoms. The summed E-state index contributed by atoms with van der Waals surface area (Å²) in [5.74, 6) is 0.458.